The van der Waals surface area contributed by atoms with Crippen LogP contribution in [0.5, 0.6) is 5.75 Å². The largest absolute Gasteiger partial charge is 0.497 e. The van der Waals surface area contributed by atoms with Gasteiger partial charge in [0.25, 0.3) is 0 Å². The summed E-state index contributed by atoms with van der Waals surface area (Å²) >= 11 is 0. The fraction of sp³-hybridized carbons (Fsp3) is 0.235. The lowest BCUT2D eigenvalue weighted by Gasteiger charge is -2.14. The van der Waals surface area contributed by atoms with Crippen molar-refractivity contribution in [2.45, 2.75) is 19.5 Å². The Morgan fingerprint density at radius 3 is 2.10 bits per heavy atom. The SMILES string of the molecule is COc1ccc(C(N)c2ccc(CNC(C)=O)cc2)cc1. The average Bonchev–Trinajstić information content (AvgIpc) is 2.53. The monoisotopic (exact) mass is 284 g/mol. The van der Waals surface area contributed by atoms with Gasteiger partial charge in [0.15, 0.2) is 0 Å². The van der Waals surface area contributed by atoms with E-state index in [4.69, 9.17) is 10.5 Å². The molecule has 0 aliphatic carbocycles. The molecule has 0 aliphatic rings. The molecule has 4 heteroatoms. The average molecular weight is 284 g/mol. The van der Waals surface area contributed by atoms with Crippen molar-refractivity contribution in [2.75, 3.05) is 7.11 Å². The third-order valence-electron chi connectivity index (χ3n) is 3.36. The van der Waals surface area contributed by atoms with E-state index in [1.54, 1.807) is 7.11 Å². The van der Waals surface area contributed by atoms with Crippen LogP contribution in [-0.4, -0.2) is 13.0 Å². The highest BCUT2D eigenvalue weighted by molar-refractivity contribution is 5.72. The van der Waals surface area contributed by atoms with E-state index in [0.29, 0.717) is 6.54 Å². The van der Waals surface area contributed by atoms with Crippen LogP contribution >= 0.6 is 0 Å². The molecule has 4 nitrogen and oxygen atoms in total. The highest BCUT2D eigenvalue weighted by atomic mass is 16.5. The Balaban J connectivity index is 2.07. The van der Waals surface area contributed by atoms with E-state index in [0.717, 1.165) is 22.4 Å². The predicted octanol–water partition coefficient (Wildman–Crippen LogP) is 2.38. The van der Waals surface area contributed by atoms with E-state index in [1.807, 2.05) is 48.5 Å². The van der Waals surface area contributed by atoms with Gasteiger partial charge in [0.1, 0.15) is 5.75 Å². The van der Waals surface area contributed by atoms with Gasteiger partial charge in [0.2, 0.25) is 5.91 Å². The quantitative estimate of drug-likeness (QED) is 0.886. The molecule has 0 fully saturated rings. The molecule has 1 atom stereocenters. The summed E-state index contributed by atoms with van der Waals surface area (Å²) in [7, 11) is 1.64. The molecule has 0 aliphatic heterocycles. The molecule has 0 bridgehead atoms. The minimum atomic E-state index is -0.175. The van der Waals surface area contributed by atoms with Crippen LogP contribution in [0.4, 0.5) is 0 Å². The number of ether oxygens (including phenoxy) is 1. The fourth-order valence-electron chi connectivity index (χ4n) is 2.07. The topological polar surface area (TPSA) is 64.3 Å². The summed E-state index contributed by atoms with van der Waals surface area (Å²) in [6.45, 7) is 2.04. The number of methoxy groups -OCH3 is 1. The summed E-state index contributed by atoms with van der Waals surface area (Å²) in [5, 5.41) is 2.77. The summed E-state index contributed by atoms with van der Waals surface area (Å²) in [6, 6.07) is 15.5. The van der Waals surface area contributed by atoms with Crippen LogP contribution in [0, 0.1) is 0 Å². The minimum Gasteiger partial charge on any atom is -0.497 e. The molecule has 0 saturated carbocycles. The number of hydrogen-bond acceptors (Lipinski definition) is 3. The maximum Gasteiger partial charge on any atom is 0.217 e. The third kappa shape index (κ3) is 4.07. The second-order valence-corrected chi connectivity index (χ2v) is 4.90. The molecule has 2 rings (SSSR count). The first-order valence-electron chi connectivity index (χ1n) is 6.83. The molecule has 21 heavy (non-hydrogen) atoms. The van der Waals surface area contributed by atoms with Crippen LogP contribution in [0.2, 0.25) is 0 Å². The predicted molar refractivity (Wildman–Crippen MR) is 83.0 cm³/mol. The molecular weight excluding hydrogens is 264 g/mol. The van der Waals surface area contributed by atoms with Crippen molar-refractivity contribution in [3.05, 3.63) is 65.2 Å². The van der Waals surface area contributed by atoms with E-state index >= 15 is 0 Å². The van der Waals surface area contributed by atoms with Gasteiger partial charge in [-0.05, 0) is 28.8 Å². The van der Waals surface area contributed by atoms with Gasteiger partial charge in [-0.2, -0.15) is 0 Å². The van der Waals surface area contributed by atoms with Crippen LogP contribution in [0.15, 0.2) is 48.5 Å². The van der Waals surface area contributed by atoms with E-state index < -0.39 is 0 Å². The number of nitrogens with one attached hydrogen (secondary N) is 1. The lowest BCUT2D eigenvalue weighted by atomic mass is 9.98. The van der Waals surface area contributed by atoms with Gasteiger partial charge in [-0.15, -0.1) is 0 Å². The van der Waals surface area contributed by atoms with Crippen LogP contribution in [0.25, 0.3) is 0 Å². The number of rotatable bonds is 5. The zero-order valence-corrected chi connectivity index (χ0v) is 12.3. The number of carbonyl (C=O) groups is 1. The second kappa shape index (κ2) is 6.90. The Kier molecular flexibility index (Phi) is 4.95. The number of benzene rings is 2. The lowest BCUT2D eigenvalue weighted by Crippen LogP contribution is -2.19. The molecule has 1 unspecified atom stereocenters. The molecular formula is C17H20N2O2. The van der Waals surface area contributed by atoms with E-state index in [1.165, 1.54) is 6.92 Å². The van der Waals surface area contributed by atoms with Crippen LogP contribution in [-0.2, 0) is 11.3 Å². The molecule has 0 saturated heterocycles. The van der Waals surface area contributed by atoms with Crippen molar-refractivity contribution >= 4 is 5.91 Å². The summed E-state index contributed by atoms with van der Waals surface area (Å²) < 4.78 is 5.14. The molecule has 110 valence electrons. The molecule has 0 aromatic heterocycles. The van der Waals surface area contributed by atoms with Gasteiger partial charge < -0.3 is 15.8 Å². The maximum atomic E-state index is 10.9. The summed E-state index contributed by atoms with van der Waals surface area (Å²) in [6.07, 6.45) is 0. The highest BCUT2D eigenvalue weighted by Gasteiger charge is 2.09. The van der Waals surface area contributed by atoms with Crippen molar-refractivity contribution in [3.8, 4) is 5.75 Å². The first kappa shape index (κ1) is 15.1. The van der Waals surface area contributed by atoms with Gasteiger partial charge in [0, 0.05) is 13.5 Å². The molecule has 0 heterocycles. The summed E-state index contributed by atoms with van der Waals surface area (Å²) in [5.41, 5.74) is 9.39. The first-order valence-corrected chi connectivity index (χ1v) is 6.83. The Morgan fingerprint density at radius 1 is 1.10 bits per heavy atom. The van der Waals surface area contributed by atoms with Crippen molar-refractivity contribution in [1.82, 2.24) is 5.32 Å². The van der Waals surface area contributed by atoms with Gasteiger partial charge in [0.05, 0.1) is 13.2 Å². The smallest absolute Gasteiger partial charge is 0.217 e. The van der Waals surface area contributed by atoms with E-state index in [-0.39, 0.29) is 11.9 Å². The van der Waals surface area contributed by atoms with Gasteiger partial charge >= 0.3 is 0 Å². The standard InChI is InChI=1S/C17H20N2O2/c1-12(20)19-11-13-3-5-14(6-4-13)17(18)15-7-9-16(21-2)10-8-15/h3-10,17H,11,18H2,1-2H3,(H,19,20). The van der Waals surface area contributed by atoms with Crippen LogP contribution in [0.1, 0.15) is 29.7 Å². The Hall–Kier alpha value is -2.33. The van der Waals surface area contributed by atoms with Gasteiger partial charge in [-0.25, -0.2) is 0 Å². The summed E-state index contributed by atoms with van der Waals surface area (Å²) in [4.78, 5) is 10.9. The van der Waals surface area contributed by atoms with Crippen molar-refractivity contribution < 1.29 is 9.53 Å². The second-order valence-electron chi connectivity index (χ2n) is 4.90. The number of nitrogens with two attached hydrogens (primary N) is 1. The first-order chi connectivity index (χ1) is 10.1. The van der Waals surface area contributed by atoms with Gasteiger partial charge in [-0.3, -0.25) is 4.79 Å². The Morgan fingerprint density at radius 2 is 1.62 bits per heavy atom. The summed E-state index contributed by atoms with van der Waals surface area (Å²) in [5.74, 6) is 0.783. The van der Waals surface area contributed by atoms with Crippen molar-refractivity contribution in [1.29, 1.82) is 0 Å². The Labute approximate surface area is 124 Å². The van der Waals surface area contributed by atoms with E-state index in [9.17, 15) is 4.79 Å². The molecule has 0 spiro atoms. The van der Waals surface area contributed by atoms with Crippen molar-refractivity contribution in [3.63, 3.8) is 0 Å². The number of carbonyl (C=O) groups excluding carboxylic acids is 1. The Bertz CT molecular complexity index is 591. The maximum absolute atomic E-state index is 10.9. The lowest BCUT2D eigenvalue weighted by molar-refractivity contribution is -0.119. The molecule has 2 aromatic rings. The number of amides is 1. The molecule has 3 N–H and O–H groups in total. The minimum absolute atomic E-state index is 0.0333. The third-order valence-corrected chi connectivity index (χ3v) is 3.36. The molecule has 1 amide bonds. The van der Waals surface area contributed by atoms with Crippen LogP contribution in [0.3, 0.4) is 0 Å². The zero-order valence-electron chi connectivity index (χ0n) is 12.3. The van der Waals surface area contributed by atoms with Crippen molar-refractivity contribution in [2.24, 2.45) is 5.73 Å². The normalized spacial score (nSPS) is 11.8. The van der Waals surface area contributed by atoms with E-state index in [2.05, 4.69) is 5.32 Å². The fourth-order valence-corrected chi connectivity index (χ4v) is 2.07. The molecule has 0 radical (unpaired) electrons. The highest BCUT2D eigenvalue weighted by Crippen LogP contribution is 2.22. The van der Waals surface area contributed by atoms with Crippen LogP contribution < -0.4 is 15.8 Å². The van der Waals surface area contributed by atoms with Gasteiger partial charge in [-0.1, -0.05) is 36.4 Å². The zero-order chi connectivity index (χ0) is 15.2. The molecule has 2 aromatic carbocycles. The number of hydrogen-bond donors (Lipinski definition) is 2.